The van der Waals surface area contributed by atoms with Gasteiger partial charge in [0.1, 0.15) is 5.69 Å². The summed E-state index contributed by atoms with van der Waals surface area (Å²) in [6, 6.07) is 0.100. The van der Waals surface area contributed by atoms with Crippen molar-refractivity contribution in [3.8, 4) is 0 Å². The topological polar surface area (TPSA) is 79.4 Å². The van der Waals surface area contributed by atoms with E-state index < -0.39 is 10.0 Å². The number of nitrogens with one attached hydrogen (secondary N) is 1. The summed E-state index contributed by atoms with van der Waals surface area (Å²) in [5.41, 5.74) is 2.12. The monoisotopic (exact) mass is 303 g/mol. The van der Waals surface area contributed by atoms with Crippen LogP contribution in [0.4, 0.5) is 0 Å². The van der Waals surface area contributed by atoms with Crippen LogP contribution in [0.3, 0.4) is 0 Å². The SMILES string of the molecule is CS(=O)(=O)NCCC1CCCN1C(=O)c1cscn1. The maximum atomic E-state index is 12.2. The van der Waals surface area contributed by atoms with Gasteiger partial charge in [-0.15, -0.1) is 11.3 Å². The summed E-state index contributed by atoms with van der Waals surface area (Å²) in [4.78, 5) is 18.0. The van der Waals surface area contributed by atoms with Gasteiger partial charge < -0.3 is 4.90 Å². The molecule has 0 aliphatic carbocycles. The predicted octanol–water partition coefficient (Wildman–Crippen LogP) is 0.687. The minimum atomic E-state index is -3.16. The van der Waals surface area contributed by atoms with Gasteiger partial charge in [-0.05, 0) is 19.3 Å². The number of carbonyl (C=O) groups excluding carboxylic acids is 1. The number of sulfonamides is 1. The van der Waals surface area contributed by atoms with Crippen LogP contribution >= 0.6 is 11.3 Å². The van der Waals surface area contributed by atoms with Crippen LogP contribution in [0.5, 0.6) is 0 Å². The van der Waals surface area contributed by atoms with Gasteiger partial charge in [0.05, 0.1) is 11.8 Å². The van der Waals surface area contributed by atoms with Crippen molar-refractivity contribution in [3.63, 3.8) is 0 Å². The molecule has 1 unspecified atom stereocenters. The molecule has 8 heteroatoms. The summed E-state index contributed by atoms with van der Waals surface area (Å²) in [5, 5.41) is 1.74. The van der Waals surface area contributed by atoms with E-state index in [1.807, 2.05) is 0 Å². The number of thiazole rings is 1. The zero-order chi connectivity index (χ0) is 13.9. The van der Waals surface area contributed by atoms with Gasteiger partial charge in [-0.1, -0.05) is 0 Å². The maximum absolute atomic E-state index is 12.2. The number of likely N-dealkylation sites (tertiary alicyclic amines) is 1. The fourth-order valence-electron chi connectivity index (χ4n) is 2.28. The van der Waals surface area contributed by atoms with Crippen LogP contribution < -0.4 is 4.72 Å². The highest BCUT2D eigenvalue weighted by Gasteiger charge is 2.29. The molecule has 2 rings (SSSR count). The first-order valence-corrected chi connectivity index (χ1v) is 8.94. The normalized spacial score (nSPS) is 19.8. The molecule has 19 heavy (non-hydrogen) atoms. The van der Waals surface area contributed by atoms with Gasteiger partial charge in [0.25, 0.3) is 5.91 Å². The van der Waals surface area contributed by atoms with Crippen molar-refractivity contribution in [2.45, 2.75) is 25.3 Å². The zero-order valence-electron chi connectivity index (χ0n) is 10.7. The van der Waals surface area contributed by atoms with Crippen molar-refractivity contribution in [2.75, 3.05) is 19.3 Å². The zero-order valence-corrected chi connectivity index (χ0v) is 12.3. The highest BCUT2D eigenvalue weighted by molar-refractivity contribution is 7.88. The number of hydrogen-bond donors (Lipinski definition) is 1. The Morgan fingerprint density at radius 1 is 1.63 bits per heavy atom. The molecule has 1 aliphatic rings. The van der Waals surface area contributed by atoms with E-state index in [0.29, 0.717) is 18.7 Å². The van der Waals surface area contributed by atoms with E-state index in [1.165, 1.54) is 11.3 Å². The molecular weight excluding hydrogens is 286 g/mol. The first-order valence-electron chi connectivity index (χ1n) is 6.11. The lowest BCUT2D eigenvalue weighted by Gasteiger charge is -2.23. The highest BCUT2D eigenvalue weighted by atomic mass is 32.2. The largest absolute Gasteiger partial charge is 0.334 e. The van der Waals surface area contributed by atoms with Crippen molar-refractivity contribution in [3.05, 3.63) is 16.6 Å². The molecule has 1 N–H and O–H groups in total. The number of carbonyl (C=O) groups is 1. The summed E-state index contributed by atoms with van der Waals surface area (Å²) < 4.78 is 24.5. The highest BCUT2D eigenvalue weighted by Crippen LogP contribution is 2.22. The Hall–Kier alpha value is -0.990. The summed E-state index contributed by atoms with van der Waals surface area (Å²) in [6.45, 7) is 1.09. The third-order valence-corrected chi connectivity index (χ3v) is 4.45. The van der Waals surface area contributed by atoms with Gasteiger partial charge in [-0.25, -0.2) is 18.1 Å². The molecule has 6 nitrogen and oxygen atoms in total. The van der Waals surface area contributed by atoms with E-state index in [0.717, 1.165) is 25.6 Å². The smallest absolute Gasteiger partial charge is 0.273 e. The molecule has 0 bridgehead atoms. The molecule has 1 aromatic rings. The Bertz CT molecular complexity index is 527. The predicted molar refractivity (Wildman–Crippen MR) is 73.6 cm³/mol. The van der Waals surface area contributed by atoms with Gasteiger partial charge in [0, 0.05) is 24.5 Å². The quantitative estimate of drug-likeness (QED) is 0.868. The number of rotatable bonds is 5. The Morgan fingerprint density at radius 2 is 2.42 bits per heavy atom. The second-order valence-electron chi connectivity index (χ2n) is 4.62. The van der Waals surface area contributed by atoms with Crippen LogP contribution in [-0.4, -0.2) is 49.6 Å². The molecular formula is C11H17N3O3S2. The van der Waals surface area contributed by atoms with Crippen molar-refractivity contribution >= 4 is 27.3 Å². The molecule has 0 saturated carbocycles. The lowest BCUT2D eigenvalue weighted by atomic mass is 10.1. The Kier molecular flexibility index (Phi) is 4.54. The molecule has 0 spiro atoms. The molecule has 1 aliphatic heterocycles. The second-order valence-corrected chi connectivity index (χ2v) is 7.18. The molecule has 1 aromatic heterocycles. The van der Waals surface area contributed by atoms with Crippen molar-refractivity contribution in [2.24, 2.45) is 0 Å². The van der Waals surface area contributed by atoms with Crippen LogP contribution in [0.1, 0.15) is 29.8 Å². The van der Waals surface area contributed by atoms with E-state index in [1.54, 1.807) is 15.8 Å². The first kappa shape index (κ1) is 14.4. The van der Waals surface area contributed by atoms with Crippen LogP contribution in [-0.2, 0) is 10.0 Å². The molecule has 106 valence electrons. The van der Waals surface area contributed by atoms with Gasteiger partial charge in [0.2, 0.25) is 10.0 Å². The average molecular weight is 303 g/mol. The van der Waals surface area contributed by atoms with E-state index in [-0.39, 0.29) is 11.9 Å². The summed E-state index contributed by atoms with van der Waals surface area (Å²) in [6.07, 6.45) is 3.66. The van der Waals surface area contributed by atoms with E-state index in [9.17, 15) is 13.2 Å². The fraction of sp³-hybridized carbons (Fsp3) is 0.636. The van der Waals surface area contributed by atoms with Gasteiger partial charge in [0.15, 0.2) is 0 Å². The standard InChI is InChI=1S/C11H17N3O3S2/c1-19(16,17)13-5-4-9-3-2-6-14(9)11(15)10-7-18-8-12-10/h7-9,13H,2-6H2,1H3. The van der Waals surface area contributed by atoms with E-state index >= 15 is 0 Å². The van der Waals surface area contributed by atoms with Crippen molar-refractivity contribution in [1.29, 1.82) is 0 Å². The number of hydrogen-bond acceptors (Lipinski definition) is 5. The van der Waals surface area contributed by atoms with Crippen LogP contribution in [0, 0.1) is 0 Å². The lowest BCUT2D eigenvalue weighted by Crippen LogP contribution is -2.38. The molecule has 0 aromatic carbocycles. The van der Waals surface area contributed by atoms with Crippen LogP contribution in [0.25, 0.3) is 0 Å². The van der Waals surface area contributed by atoms with E-state index in [4.69, 9.17) is 0 Å². The number of amides is 1. The summed E-state index contributed by atoms with van der Waals surface area (Å²) in [5.74, 6) is -0.0527. The first-order chi connectivity index (χ1) is 8.97. The van der Waals surface area contributed by atoms with Crippen LogP contribution in [0.15, 0.2) is 10.9 Å². The molecule has 1 saturated heterocycles. The third-order valence-electron chi connectivity index (χ3n) is 3.13. The Labute approximate surface area is 116 Å². The van der Waals surface area contributed by atoms with Gasteiger partial charge >= 0.3 is 0 Å². The Balaban J connectivity index is 1.92. The maximum Gasteiger partial charge on any atom is 0.273 e. The lowest BCUT2D eigenvalue weighted by molar-refractivity contribution is 0.0726. The van der Waals surface area contributed by atoms with Gasteiger partial charge in [-0.3, -0.25) is 4.79 Å². The van der Waals surface area contributed by atoms with Gasteiger partial charge in [-0.2, -0.15) is 0 Å². The number of nitrogens with zero attached hydrogens (tertiary/aromatic N) is 2. The fourth-order valence-corrected chi connectivity index (χ4v) is 3.29. The summed E-state index contributed by atoms with van der Waals surface area (Å²) in [7, 11) is -3.16. The second kappa shape index (κ2) is 5.98. The Morgan fingerprint density at radius 3 is 3.05 bits per heavy atom. The van der Waals surface area contributed by atoms with Crippen molar-refractivity contribution in [1.82, 2.24) is 14.6 Å². The van der Waals surface area contributed by atoms with Crippen LogP contribution in [0.2, 0.25) is 0 Å². The number of aromatic nitrogens is 1. The minimum absolute atomic E-state index is 0.0527. The molecule has 1 fully saturated rings. The van der Waals surface area contributed by atoms with E-state index in [2.05, 4.69) is 9.71 Å². The van der Waals surface area contributed by atoms with Crippen molar-refractivity contribution < 1.29 is 13.2 Å². The molecule has 2 heterocycles. The summed E-state index contributed by atoms with van der Waals surface area (Å²) >= 11 is 1.40. The average Bonchev–Trinajstić information content (AvgIpc) is 2.97. The minimum Gasteiger partial charge on any atom is -0.334 e. The third kappa shape index (κ3) is 3.99. The molecule has 0 radical (unpaired) electrons. The molecule has 1 amide bonds. The molecule has 1 atom stereocenters.